The van der Waals surface area contributed by atoms with Gasteiger partial charge >= 0.3 is 6.18 Å². The zero-order valence-corrected chi connectivity index (χ0v) is 9.24. The Bertz CT molecular complexity index is 362. The minimum Gasteiger partial charge on any atom is -0.266 e. The summed E-state index contributed by atoms with van der Waals surface area (Å²) in [5, 5.41) is 1.71. The average molecular weight is 253 g/mol. The monoisotopic (exact) mass is 253 g/mol. The minimum atomic E-state index is -4.45. The molecule has 0 aliphatic carbocycles. The normalized spacial score (nSPS) is 11.5. The molecule has 0 atom stereocenters. The quantitative estimate of drug-likeness (QED) is 0.837. The third-order valence-corrected chi connectivity index (χ3v) is 2.69. The lowest BCUT2D eigenvalue weighted by Crippen LogP contribution is -2.29. The van der Waals surface area contributed by atoms with Gasteiger partial charge in [0.05, 0.1) is 4.88 Å². The van der Waals surface area contributed by atoms with E-state index in [1.165, 1.54) is 11.3 Å². The molecular formula is C9H10F3NO2S. The van der Waals surface area contributed by atoms with Gasteiger partial charge < -0.3 is 0 Å². The lowest BCUT2D eigenvalue weighted by Gasteiger charge is -2.08. The Morgan fingerprint density at radius 3 is 2.81 bits per heavy atom. The van der Waals surface area contributed by atoms with Crippen LogP contribution in [0.3, 0.4) is 0 Å². The number of rotatable bonds is 4. The van der Waals surface area contributed by atoms with Crippen LogP contribution in [0.2, 0.25) is 0 Å². The zero-order chi connectivity index (χ0) is 12.2. The number of nitrogens with one attached hydrogen (secondary N) is 1. The molecule has 0 aliphatic heterocycles. The Kier molecular flexibility index (Phi) is 4.31. The number of carbonyl (C=O) groups excluding carboxylic acids is 1. The standard InChI is InChI=1S/C9H10F3NO2S/c1-2-6-3-4-16-7(6)8(14)13-15-5-9(10,11)12/h3-4H,2,5H2,1H3,(H,13,14). The van der Waals surface area contributed by atoms with E-state index >= 15 is 0 Å². The molecule has 0 spiro atoms. The molecule has 1 heterocycles. The molecule has 3 nitrogen and oxygen atoms in total. The van der Waals surface area contributed by atoms with Crippen molar-refractivity contribution in [2.24, 2.45) is 0 Å². The average Bonchev–Trinajstić information content (AvgIpc) is 2.63. The number of hydroxylamine groups is 1. The molecule has 1 rings (SSSR count). The number of alkyl halides is 3. The molecule has 0 saturated heterocycles. The molecular weight excluding hydrogens is 243 g/mol. The molecule has 0 aliphatic rings. The largest absolute Gasteiger partial charge is 0.414 e. The first-order chi connectivity index (χ1) is 7.44. The molecule has 90 valence electrons. The molecule has 0 fully saturated rings. The summed E-state index contributed by atoms with van der Waals surface area (Å²) < 4.78 is 35.2. The van der Waals surface area contributed by atoms with Crippen LogP contribution in [0.5, 0.6) is 0 Å². The highest BCUT2D eigenvalue weighted by atomic mass is 32.1. The van der Waals surface area contributed by atoms with Gasteiger partial charge in [-0.05, 0) is 23.4 Å². The highest BCUT2D eigenvalue weighted by molar-refractivity contribution is 7.12. The van der Waals surface area contributed by atoms with Gasteiger partial charge in [0, 0.05) is 0 Å². The smallest absolute Gasteiger partial charge is 0.266 e. The van der Waals surface area contributed by atoms with Gasteiger partial charge in [-0.1, -0.05) is 6.92 Å². The summed E-state index contributed by atoms with van der Waals surface area (Å²) in [7, 11) is 0. The molecule has 0 radical (unpaired) electrons. The SMILES string of the molecule is CCc1ccsc1C(=O)NOCC(F)(F)F. The highest BCUT2D eigenvalue weighted by Crippen LogP contribution is 2.17. The highest BCUT2D eigenvalue weighted by Gasteiger charge is 2.28. The van der Waals surface area contributed by atoms with Gasteiger partial charge in [-0.25, -0.2) is 5.48 Å². The first-order valence-corrected chi connectivity index (χ1v) is 5.37. The zero-order valence-electron chi connectivity index (χ0n) is 8.43. The van der Waals surface area contributed by atoms with Gasteiger partial charge in [0.15, 0.2) is 6.61 Å². The summed E-state index contributed by atoms with van der Waals surface area (Å²) in [4.78, 5) is 15.8. The summed E-state index contributed by atoms with van der Waals surface area (Å²) >= 11 is 1.17. The molecule has 0 unspecified atom stereocenters. The lowest BCUT2D eigenvalue weighted by molar-refractivity contribution is -0.184. The molecule has 1 aromatic heterocycles. The van der Waals surface area contributed by atoms with Crippen LogP contribution in [0.4, 0.5) is 13.2 Å². The van der Waals surface area contributed by atoms with Crippen molar-refractivity contribution in [2.75, 3.05) is 6.61 Å². The van der Waals surface area contributed by atoms with E-state index in [1.54, 1.807) is 16.9 Å². The van der Waals surface area contributed by atoms with Gasteiger partial charge in [0.1, 0.15) is 0 Å². The Morgan fingerprint density at radius 2 is 2.25 bits per heavy atom. The van der Waals surface area contributed by atoms with Crippen LogP contribution in [-0.4, -0.2) is 18.7 Å². The van der Waals surface area contributed by atoms with Crippen LogP contribution in [0, 0.1) is 0 Å². The second-order valence-corrected chi connectivity index (χ2v) is 3.88. The van der Waals surface area contributed by atoms with Gasteiger partial charge in [-0.3, -0.25) is 9.63 Å². The van der Waals surface area contributed by atoms with E-state index in [0.717, 1.165) is 5.56 Å². The molecule has 1 amide bonds. The van der Waals surface area contributed by atoms with Crippen LogP contribution in [-0.2, 0) is 11.3 Å². The van der Waals surface area contributed by atoms with E-state index < -0.39 is 18.7 Å². The minimum absolute atomic E-state index is 0.379. The Hall–Kier alpha value is -1.08. The van der Waals surface area contributed by atoms with Gasteiger partial charge in [0.2, 0.25) is 0 Å². The van der Waals surface area contributed by atoms with Crippen molar-refractivity contribution < 1.29 is 22.8 Å². The first-order valence-electron chi connectivity index (χ1n) is 4.49. The third-order valence-electron chi connectivity index (χ3n) is 1.73. The van der Waals surface area contributed by atoms with Crippen LogP contribution >= 0.6 is 11.3 Å². The van der Waals surface area contributed by atoms with E-state index in [-0.39, 0.29) is 0 Å². The Balaban J connectivity index is 2.47. The molecule has 7 heteroatoms. The predicted molar refractivity (Wildman–Crippen MR) is 53.2 cm³/mol. The van der Waals surface area contributed by atoms with Crippen molar-refractivity contribution in [2.45, 2.75) is 19.5 Å². The van der Waals surface area contributed by atoms with E-state index in [2.05, 4.69) is 4.84 Å². The maximum Gasteiger partial charge on any atom is 0.414 e. The van der Waals surface area contributed by atoms with Crippen LogP contribution < -0.4 is 5.48 Å². The van der Waals surface area contributed by atoms with Crippen molar-refractivity contribution in [1.82, 2.24) is 5.48 Å². The predicted octanol–water partition coefficient (Wildman–Crippen LogP) is 2.53. The molecule has 16 heavy (non-hydrogen) atoms. The second-order valence-electron chi connectivity index (χ2n) is 2.96. The Morgan fingerprint density at radius 1 is 1.56 bits per heavy atom. The van der Waals surface area contributed by atoms with Crippen LogP contribution in [0.15, 0.2) is 11.4 Å². The number of halogens is 3. The molecule has 0 saturated carbocycles. The first kappa shape index (κ1) is 13.0. The van der Waals surface area contributed by atoms with Crippen molar-refractivity contribution in [3.63, 3.8) is 0 Å². The Labute approximate surface area is 94.2 Å². The summed E-state index contributed by atoms with van der Waals surface area (Å²) in [6.45, 7) is 0.362. The van der Waals surface area contributed by atoms with Crippen molar-refractivity contribution >= 4 is 17.2 Å². The van der Waals surface area contributed by atoms with Crippen LogP contribution in [0.1, 0.15) is 22.2 Å². The number of hydrogen-bond acceptors (Lipinski definition) is 3. The summed E-state index contributed by atoms with van der Waals surface area (Å²) in [6, 6.07) is 1.75. The molecule has 0 bridgehead atoms. The summed E-state index contributed by atoms with van der Waals surface area (Å²) in [5.74, 6) is -0.642. The molecule has 1 N–H and O–H groups in total. The number of aryl methyl sites for hydroxylation is 1. The van der Waals surface area contributed by atoms with Crippen molar-refractivity contribution in [3.05, 3.63) is 21.9 Å². The maximum atomic E-state index is 11.7. The summed E-state index contributed by atoms with van der Waals surface area (Å²) in [6.07, 6.45) is -3.80. The van der Waals surface area contributed by atoms with Gasteiger partial charge in [-0.15, -0.1) is 11.3 Å². The fourth-order valence-electron chi connectivity index (χ4n) is 1.04. The van der Waals surface area contributed by atoms with Gasteiger partial charge in [0.25, 0.3) is 5.91 Å². The van der Waals surface area contributed by atoms with E-state index in [4.69, 9.17) is 0 Å². The number of amides is 1. The van der Waals surface area contributed by atoms with E-state index in [0.29, 0.717) is 11.3 Å². The van der Waals surface area contributed by atoms with E-state index in [9.17, 15) is 18.0 Å². The molecule has 0 aromatic carbocycles. The lowest BCUT2D eigenvalue weighted by atomic mass is 10.2. The fourth-order valence-corrected chi connectivity index (χ4v) is 1.92. The topological polar surface area (TPSA) is 38.3 Å². The fraction of sp³-hybridized carbons (Fsp3) is 0.444. The number of thiophene rings is 1. The van der Waals surface area contributed by atoms with Crippen molar-refractivity contribution in [1.29, 1.82) is 0 Å². The van der Waals surface area contributed by atoms with Gasteiger partial charge in [-0.2, -0.15) is 13.2 Å². The third kappa shape index (κ3) is 3.82. The number of carbonyl (C=O) groups is 1. The maximum absolute atomic E-state index is 11.7. The van der Waals surface area contributed by atoms with Crippen LogP contribution in [0.25, 0.3) is 0 Å². The second kappa shape index (κ2) is 5.31. The van der Waals surface area contributed by atoms with E-state index in [1.807, 2.05) is 6.92 Å². The molecule has 1 aromatic rings. The number of hydrogen-bond donors (Lipinski definition) is 1. The van der Waals surface area contributed by atoms with Crippen molar-refractivity contribution in [3.8, 4) is 0 Å². The summed E-state index contributed by atoms with van der Waals surface area (Å²) in [5.41, 5.74) is 2.56.